The van der Waals surface area contributed by atoms with Crippen LogP contribution >= 0.6 is 0 Å². The van der Waals surface area contributed by atoms with Crippen molar-refractivity contribution in [1.29, 1.82) is 5.41 Å². The Morgan fingerprint density at radius 2 is 2.00 bits per heavy atom. The highest BCUT2D eigenvalue weighted by atomic mass is 16.1. The van der Waals surface area contributed by atoms with Gasteiger partial charge in [-0.05, 0) is 31.9 Å². The summed E-state index contributed by atoms with van der Waals surface area (Å²) in [6.07, 6.45) is 0.300. The Hall–Kier alpha value is -1.84. The molecule has 92 valence electrons. The molecular formula is C13H19N3O. The predicted molar refractivity (Wildman–Crippen MR) is 69.0 cm³/mol. The molecule has 17 heavy (non-hydrogen) atoms. The van der Waals surface area contributed by atoms with Crippen molar-refractivity contribution in [3.8, 4) is 0 Å². The first-order valence-electron chi connectivity index (χ1n) is 5.68. The standard InChI is InChI=1S/C13H19N3O/c1-9(2)15-13(14)16-12(17)8-11-7-5-4-6-10(11)3/h4-7,9H,8H2,1-3H3,(H3,14,15,16,17). The van der Waals surface area contributed by atoms with Crippen LogP contribution in [-0.2, 0) is 11.2 Å². The maximum Gasteiger partial charge on any atom is 0.231 e. The second-order valence-corrected chi connectivity index (χ2v) is 4.33. The second kappa shape index (κ2) is 6.03. The molecule has 0 aliphatic carbocycles. The zero-order valence-corrected chi connectivity index (χ0v) is 10.5. The first kappa shape index (κ1) is 13.2. The first-order chi connectivity index (χ1) is 7.99. The molecule has 0 bridgehead atoms. The Balaban J connectivity index is 2.51. The van der Waals surface area contributed by atoms with Crippen molar-refractivity contribution in [2.75, 3.05) is 0 Å². The van der Waals surface area contributed by atoms with Gasteiger partial charge in [0.15, 0.2) is 5.96 Å². The summed E-state index contributed by atoms with van der Waals surface area (Å²) in [5, 5.41) is 12.9. The van der Waals surface area contributed by atoms with Crippen LogP contribution in [0.5, 0.6) is 0 Å². The van der Waals surface area contributed by atoms with Crippen molar-refractivity contribution in [2.24, 2.45) is 0 Å². The predicted octanol–water partition coefficient (Wildman–Crippen LogP) is 1.59. The van der Waals surface area contributed by atoms with E-state index in [-0.39, 0.29) is 17.9 Å². The van der Waals surface area contributed by atoms with Crippen LogP contribution in [0.1, 0.15) is 25.0 Å². The van der Waals surface area contributed by atoms with Crippen molar-refractivity contribution < 1.29 is 4.79 Å². The molecule has 0 fully saturated rings. The number of benzene rings is 1. The Morgan fingerprint density at radius 1 is 1.35 bits per heavy atom. The van der Waals surface area contributed by atoms with Gasteiger partial charge in [-0.15, -0.1) is 0 Å². The number of hydrogen-bond acceptors (Lipinski definition) is 2. The van der Waals surface area contributed by atoms with Crippen molar-refractivity contribution >= 4 is 11.9 Å². The Morgan fingerprint density at radius 3 is 2.59 bits per heavy atom. The van der Waals surface area contributed by atoms with E-state index < -0.39 is 0 Å². The highest BCUT2D eigenvalue weighted by Gasteiger charge is 2.07. The van der Waals surface area contributed by atoms with Crippen LogP contribution in [0.15, 0.2) is 24.3 Å². The summed E-state index contributed by atoms with van der Waals surface area (Å²) in [6.45, 7) is 5.81. The fourth-order valence-electron chi connectivity index (χ4n) is 1.49. The summed E-state index contributed by atoms with van der Waals surface area (Å²) < 4.78 is 0. The molecule has 1 aromatic rings. The Bertz CT molecular complexity index is 413. The lowest BCUT2D eigenvalue weighted by molar-refractivity contribution is -0.119. The summed E-state index contributed by atoms with van der Waals surface area (Å²) in [6, 6.07) is 7.89. The van der Waals surface area contributed by atoms with Crippen LogP contribution in [0.4, 0.5) is 0 Å². The van der Waals surface area contributed by atoms with Gasteiger partial charge in [0.1, 0.15) is 0 Å². The number of aryl methyl sites for hydroxylation is 1. The summed E-state index contributed by atoms with van der Waals surface area (Å²) in [5.41, 5.74) is 2.08. The maximum atomic E-state index is 11.7. The summed E-state index contributed by atoms with van der Waals surface area (Å²) >= 11 is 0. The van der Waals surface area contributed by atoms with Crippen molar-refractivity contribution in [2.45, 2.75) is 33.2 Å². The number of amides is 1. The number of guanidine groups is 1. The average molecular weight is 233 g/mol. The lowest BCUT2D eigenvalue weighted by Crippen LogP contribution is -2.43. The molecular weight excluding hydrogens is 214 g/mol. The van der Waals surface area contributed by atoms with Crippen molar-refractivity contribution in [1.82, 2.24) is 10.6 Å². The van der Waals surface area contributed by atoms with Crippen molar-refractivity contribution in [3.63, 3.8) is 0 Å². The van der Waals surface area contributed by atoms with Gasteiger partial charge in [0.05, 0.1) is 6.42 Å². The summed E-state index contributed by atoms with van der Waals surface area (Å²) in [5.74, 6) is -0.115. The molecule has 0 aliphatic heterocycles. The molecule has 4 heteroatoms. The molecule has 1 amide bonds. The van der Waals surface area contributed by atoms with E-state index in [0.29, 0.717) is 6.42 Å². The monoisotopic (exact) mass is 233 g/mol. The highest BCUT2D eigenvalue weighted by Crippen LogP contribution is 2.07. The average Bonchev–Trinajstić information content (AvgIpc) is 2.19. The quantitative estimate of drug-likeness (QED) is 0.548. The van der Waals surface area contributed by atoms with Gasteiger partial charge in [0, 0.05) is 6.04 Å². The van der Waals surface area contributed by atoms with E-state index in [9.17, 15) is 4.79 Å². The van der Waals surface area contributed by atoms with Crippen LogP contribution in [0, 0.1) is 12.3 Å². The van der Waals surface area contributed by atoms with Gasteiger partial charge in [-0.2, -0.15) is 0 Å². The molecule has 0 heterocycles. The molecule has 0 aromatic heterocycles. The number of hydrogen-bond donors (Lipinski definition) is 3. The molecule has 4 nitrogen and oxygen atoms in total. The maximum absolute atomic E-state index is 11.7. The third-order valence-corrected chi connectivity index (χ3v) is 2.31. The topological polar surface area (TPSA) is 65.0 Å². The van der Waals surface area contributed by atoms with E-state index in [1.165, 1.54) is 0 Å². The van der Waals surface area contributed by atoms with Crippen LogP contribution < -0.4 is 10.6 Å². The third-order valence-electron chi connectivity index (χ3n) is 2.31. The van der Waals surface area contributed by atoms with Gasteiger partial charge in [-0.1, -0.05) is 24.3 Å². The molecule has 1 aromatic carbocycles. The van der Waals surface area contributed by atoms with E-state index in [1.807, 2.05) is 45.0 Å². The Labute approximate surface area is 102 Å². The third kappa shape index (κ3) is 4.68. The van der Waals surface area contributed by atoms with E-state index in [0.717, 1.165) is 11.1 Å². The first-order valence-corrected chi connectivity index (χ1v) is 5.68. The summed E-state index contributed by atoms with van der Waals surface area (Å²) in [7, 11) is 0. The molecule has 0 radical (unpaired) electrons. The largest absolute Gasteiger partial charge is 0.354 e. The van der Waals surface area contributed by atoms with Crippen LogP contribution in [0.2, 0.25) is 0 Å². The zero-order valence-electron chi connectivity index (χ0n) is 10.5. The van der Waals surface area contributed by atoms with Gasteiger partial charge in [-0.25, -0.2) is 0 Å². The second-order valence-electron chi connectivity index (χ2n) is 4.33. The normalized spacial score (nSPS) is 10.1. The molecule has 0 spiro atoms. The Kier molecular flexibility index (Phi) is 4.69. The van der Waals surface area contributed by atoms with Gasteiger partial charge < -0.3 is 5.32 Å². The van der Waals surface area contributed by atoms with E-state index >= 15 is 0 Å². The van der Waals surface area contributed by atoms with Crippen LogP contribution in [0.25, 0.3) is 0 Å². The van der Waals surface area contributed by atoms with Gasteiger partial charge in [-0.3, -0.25) is 15.5 Å². The number of rotatable bonds is 3. The highest BCUT2D eigenvalue weighted by molar-refractivity contribution is 5.96. The minimum Gasteiger partial charge on any atom is -0.354 e. The van der Waals surface area contributed by atoms with Gasteiger partial charge in [0.25, 0.3) is 0 Å². The van der Waals surface area contributed by atoms with E-state index in [4.69, 9.17) is 5.41 Å². The van der Waals surface area contributed by atoms with Crippen LogP contribution in [0.3, 0.4) is 0 Å². The zero-order chi connectivity index (χ0) is 12.8. The summed E-state index contributed by atoms with van der Waals surface area (Å²) in [4.78, 5) is 11.7. The number of carbonyl (C=O) groups excluding carboxylic acids is 1. The minimum atomic E-state index is -0.169. The molecule has 0 atom stereocenters. The molecule has 1 rings (SSSR count). The van der Waals surface area contributed by atoms with Gasteiger partial charge >= 0.3 is 0 Å². The molecule has 0 saturated heterocycles. The molecule has 0 unspecified atom stereocenters. The minimum absolute atomic E-state index is 0.0542. The van der Waals surface area contributed by atoms with Gasteiger partial charge in [0.2, 0.25) is 5.91 Å². The lowest BCUT2D eigenvalue weighted by atomic mass is 10.1. The van der Waals surface area contributed by atoms with E-state index in [1.54, 1.807) is 0 Å². The molecule has 0 aliphatic rings. The fraction of sp³-hybridized carbons (Fsp3) is 0.385. The molecule has 0 saturated carbocycles. The fourth-order valence-corrected chi connectivity index (χ4v) is 1.49. The van der Waals surface area contributed by atoms with E-state index in [2.05, 4.69) is 10.6 Å². The van der Waals surface area contributed by atoms with Crippen molar-refractivity contribution in [3.05, 3.63) is 35.4 Å². The smallest absolute Gasteiger partial charge is 0.231 e. The lowest BCUT2D eigenvalue weighted by Gasteiger charge is -2.12. The number of nitrogens with one attached hydrogen (secondary N) is 3. The molecule has 3 N–H and O–H groups in total. The SMILES string of the molecule is Cc1ccccc1CC(=O)NC(=N)NC(C)C. The van der Waals surface area contributed by atoms with Crippen LogP contribution in [-0.4, -0.2) is 17.9 Å². The number of carbonyl (C=O) groups is 1.